The summed E-state index contributed by atoms with van der Waals surface area (Å²) in [6.45, 7) is 4.21. The third-order valence-corrected chi connectivity index (χ3v) is 3.11. The van der Waals surface area contributed by atoms with E-state index in [0.717, 1.165) is 22.4 Å². The first-order valence-corrected chi connectivity index (χ1v) is 6.58. The van der Waals surface area contributed by atoms with Crippen molar-refractivity contribution in [2.75, 3.05) is 18.5 Å². The minimum atomic E-state index is -0.742. The van der Waals surface area contributed by atoms with Crippen LogP contribution >= 0.6 is 0 Å². The summed E-state index contributed by atoms with van der Waals surface area (Å²) in [5.41, 5.74) is 4.04. The van der Waals surface area contributed by atoms with Crippen LogP contribution in [-0.4, -0.2) is 29.5 Å². The maximum absolute atomic E-state index is 9.28. The SMILES string of the molecule is C=C(c1ccccc1)c1ccc(NCC(O)CO)cc1. The summed E-state index contributed by atoms with van der Waals surface area (Å²) in [5.74, 6) is 0. The number of hydrogen-bond donors (Lipinski definition) is 3. The van der Waals surface area contributed by atoms with E-state index in [1.54, 1.807) is 0 Å². The van der Waals surface area contributed by atoms with E-state index in [4.69, 9.17) is 5.11 Å². The molecule has 20 heavy (non-hydrogen) atoms. The molecule has 0 radical (unpaired) electrons. The average Bonchev–Trinajstić information content (AvgIpc) is 2.53. The lowest BCUT2D eigenvalue weighted by molar-refractivity contribution is 0.105. The molecule has 0 saturated carbocycles. The van der Waals surface area contributed by atoms with Crippen molar-refractivity contribution < 1.29 is 10.2 Å². The molecule has 3 N–H and O–H groups in total. The third-order valence-electron chi connectivity index (χ3n) is 3.11. The number of nitrogens with one attached hydrogen (secondary N) is 1. The van der Waals surface area contributed by atoms with Crippen molar-refractivity contribution in [1.29, 1.82) is 0 Å². The topological polar surface area (TPSA) is 52.5 Å². The number of aliphatic hydroxyl groups is 2. The van der Waals surface area contributed by atoms with Crippen LogP contribution in [0.15, 0.2) is 61.2 Å². The van der Waals surface area contributed by atoms with Gasteiger partial charge in [-0.05, 0) is 28.8 Å². The van der Waals surface area contributed by atoms with E-state index in [2.05, 4.69) is 11.9 Å². The average molecular weight is 269 g/mol. The van der Waals surface area contributed by atoms with E-state index in [1.807, 2.05) is 54.6 Å². The number of benzene rings is 2. The Hall–Kier alpha value is -2.10. The van der Waals surface area contributed by atoms with Gasteiger partial charge in [-0.1, -0.05) is 49.0 Å². The number of anilines is 1. The molecule has 1 atom stereocenters. The van der Waals surface area contributed by atoms with Crippen molar-refractivity contribution in [2.24, 2.45) is 0 Å². The fourth-order valence-electron chi connectivity index (χ4n) is 1.90. The Morgan fingerprint density at radius 1 is 1.00 bits per heavy atom. The van der Waals surface area contributed by atoms with Gasteiger partial charge in [-0.3, -0.25) is 0 Å². The van der Waals surface area contributed by atoms with Gasteiger partial charge in [-0.15, -0.1) is 0 Å². The smallest absolute Gasteiger partial charge is 0.0942 e. The minimum Gasteiger partial charge on any atom is -0.394 e. The zero-order chi connectivity index (χ0) is 14.4. The molecule has 0 amide bonds. The second-order valence-electron chi connectivity index (χ2n) is 4.64. The van der Waals surface area contributed by atoms with Crippen molar-refractivity contribution in [3.05, 3.63) is 72.3 Å². The van der Waals surface area contributed by atoms with Crippen LogP contribution in [0.25, 0.3) is 5.57 Å². The summed E-state index contributed by atoms with van der Waals surface area (Å²) < 4.78 is 0. The lowest BCUT2D eigenvalue weighted by atomic mass is 9.99. The summed E-state index contributed by atoms with van der Waals surface area (Å²) in [5, 5.41) is 21.1. The highest BCUT2D eigenvalue weighted by molar-refractivity contribution is 5.78. The Labute approximate surface area is 119 Å². The minimum absolute atomic E-state index is 0.240. The number of hydrogen-bond acceptors (Lipinski definition) is 3. The molecule has 3 heteroatoms. The van der Waals surface area contributed by atoms with Crippen molar-refractivity contribution in [3.63, 3.8) is 0 Å². The molecule has 0 spiro atoms. The molecule has 1 unspecified atom stereocenters. The van der Waals surface area contributed by atoms with Crippen LogP contribution in [0.1, 0.15) is 11.1 Å². The van der Waals surface area contributed by atoms with Gasteiger partial charge in [0.15, 0.2) is 0 Å². The normalized spacial score (nSPS) is 11.9. The molecule has 0 bridgehead atoms. The standard InChI is InChI=1S/C17H19NO2/c1-13(14-5-3-2-4-6-14)15-7-9-16(10-8-15)18-11-17(20)12-19/h2-10,17-20H,1,11-12H2. The van der Waals surface area contributed by atoms with E-state index in [1.165, 1.54) is 0 Å². The monoisotopic (exact) mass is 269 g/mol. The molecule has 2 rings (SSSR count). The van der Waals surface area contributed by atoms with Crippen molar-refractivity contribution in [1.82, 2.24) is 0 Å². The maximum Gasteiger partial charge on any atom is 0.0942 e. The van der Waals surface area contributed by atoms with Crippen LogP contribution in [0, 0.1) is 0 Å². The van der Waals surface area contributed by atoms with Gasteiger partial charge < -0.3 is 15.5 Å². The molecular formula is C17H19NO2. The summed E-state index contributed by atoms with van der Waals surface area (Å²) in [7, 11) is 0. The highest BCUT2D eigenvalue weighted by atomic mass is 16.3. The molecule has 0 aliphatic heterocycles. The first kappa shape index (κ1) is 14.3. The van der Waals surface area contributed by atoms with Gasteiger partial charge in [0.1, 0.15) is 0 Å². The molecule has 0 aromatic heterocycles. The Morgan fingerprint density at radius 3 is 2.20 bits per heavy atom. The molecule has 2 aromatic rings. The van der Waals surface area contributed by atoms with E-state index >= 15 is 0 Å². The molecule has 2 aromatic carbocycles. The molecule has 0 saturated heterocycles. The second-order valence-corrected chi connectivity index (χ2v) is 4.64. The summed E-state index contributed by atoms with van der Waals surface area (Å²) >= 11 is 0. The highest BCUT2D eigenvalue weighted by Crippen LogP contribution is 2.22. The van der Waals surface area contributed by atoms with Gasteiger partial charge in [0.2, 0.25) is 0 Å². The van der Waals surface area contributed by atoms with E-state index in [-0.39, 0.29) is 6.61 Å². The number of aliphatic hydroxyl groups excluding tert-OH is 2. The van der Waals surface area contributed by atoms with Crippen LogP contribution in [0.4, 0.5) is 5.69 Å². The van der Waals surface area contributed by atoms with Crippen molar-refractivity contribution in [3.8, 4) is 0 Å². The van der Waals surface area contributed by atoms with Crippen LogP contribution < -0.4 is 5.32 Å². The molecule has 0 heterocycles. The molecule has 0 aliphatic rings. The van der Waals surface area contributed by atoms with Gasteiger partial charge in [0.25, 0.3) is 0 Å². The molecule has 3 nitrogen and oxygen atoms in total. The Balaban J connectivity index is 2.03. The Bertz CT molecular complexity index is 549. The third kappa shape index (κ3) is 3.70. The molecule has 104 valence electrons. The van der Waals surface area contributed by atoms with Gasteiger partial charge in [0.05, 0.1) is 12.7 Å². The molecule has 0 fully saturated rings. The van der Waals surface area contributed by atoms with E-state index in [0.29, 0.717) is 6.54 Å². The zero-order valence-corrected chi connectivity index (χ0v) is 11.3. The molecule has 0 aliphatic carbocycles. The molecular weight excluding hydrogens is 250 g/mol. The largest absolute Gasteiger partial charge is 0.394 e. The van der Waals surface area contributed by atoms with Crippen LogP contribution in [-0.2, 0) is 0 Å². The summed E-state index contributed by atoms with van der Waals surface area (Å²) in [4.78, 5) is 0. The number of rotatable bonds is 6. The lowest BCUT2D eigenvalue weighted by Crippen LogP contribution is -2.22. The maximum atomic E-state index is 9.28. The Kier molecular flexibility index (Phi) is 4.93. The Morgan fingerprint density at radius 2 is 1.60 bits per heavy atom. The summed E-state index contributed by atoms with van der Waals surface area (Å²) in [6.07, 6.45) is -0.742. The van der Waals surface area contributed by atoms with Crippen LogP contribution in [0.2, 0.25) is 0 Å². The van der Waals surface area contributed by atoms with Gasteiger partial charge in [0, 0.05) is 12.2 Å². The first-order chi connectivity index (χ1) is 9.70. The van der Waals surface area contributed by atoms with Crippen molar-refractivity contribution >= 4 is 11.3 Å². The van der Waals surface area contributed by atoms with Crippen LogP contribution in [0.3, 0.4) is 0 Å². The van der Waals surface area contributed by atoms with Gasteiger partial charge in [-0.25, -0.2) is 0 Å². The fourth-order valence-corrected chi connectivity index (χ4v) is 1.90. The predicted molar refractivity (Wildman–Crippen MR) is 82.6 cm³/mol. The summed E-state index contributed by atoms with van der Waals surface area (Å²) in [6, 6.07) is 17.9. The lowest BCUT2D eigenvalue weighted by Gasteiger charge is -2.11. The van der Waals surface area contributed by atoms with Crippen molar-refractivity contribution in [2.45, 2.75) is 6.10 Å². The van der Waals surface area contributed by atoms with Gasteiger partial charge in [-0.2, -0.15) is 0 Å². The fraction of sp³-hybridized carbons (Fsp3) is 0.176. The highest BCUT2D eigenvalue weighted by Gasteiger charge is 2.03. The van der Waals surface area contributed by atoms with Gasteiger partial charge >= 0.3 is 0 Å². The zero-order valence-electron chi connectivity index (χ0n) is 11.3. The van der Waals surface area contributed by atoms with Crippen LogP contribution in [0.5, 0.6) is 0 Å². The predicted octanol–water partition coefficient (Wildman–Crippen LogP) is 2.51. The first-order valence-electron chi connectivity index (χ1n) is 6.58. The quantitative estimate of drug-likeness (QED) is 0.755. The van der Waals surface area contributed by atoms with E-state index < -0.39 is 6.10 Å². The second kappa shape index (κ2) is 6.89. The van der Waals surface area contributed by atoms with E-state index in [9.17, 15) is 5.11 Å².